The normalized spacial score (nSPS) is 40.3. The number of primary amides is 1. The van der Waals surface area contributed by atoms with Gasteiger partial charge in [0.1, 0.15) is 6.29 Å². The maximum absolute atomic E-state index is 10.6. The van der Waals surface area contributed by atoms with E-state index in [1.807, 2.05) is 0 Å². The third-order valence-electron chi connectivity index (χ3n) is 13.1. The average Bonchev–Trinajstić information content (AvgIpc) is 3.39. The number of carbonyl (C=O) groups excluding carboxylic acids is 2. The number of hydrogen-bond acceptors (Lipinski definition) is 3. The highest BCUT2D eigenvalue weighted by Crippen LogP contribution is 2.72. The fourth-order valence-electron chi connectivity index (χ4n) is 11.7. The van der Waals surface area contributed by atoms with E-state index in [4.69, 9.17) is 9.90 Å². The van der Waals surface area contributed by atoms with E-state index < -0.39 is 0 Å². The second-order valence-corrected chi connectivity index (χ2v) is 15.1. The molecule has 0 saturated heterocycles. The number of rotatable bonds is 8. The molecular weight excluding hydrogens is 506 g/mol. The summed E-state index contributed by atoms with van der Waals surface area (Å²) in [7, 11) is 1.00. The smallest absolute Gasteiger partial charge is 0.204 e. The summed E-state index contributed by atoms with van der Waals surface area (Å²) in [6.07, 6.45) is 29.9. The van der Waals surface area contributed by atoms with Crippen molar-refractivity contribution < 1.29 is 14.7 Å². The molecule has 9 atom stereocenters. The highest BCUT2D eigenvalue weighted by Gasteiger charge is 2.63. The van der Waals surface area contributed by atoms with Gasteiger partial charge in [-0.3, -0.25) is 4.79 Å². The molecule has 0 aromatic carbocycles. The van der Waals surface area contributed by atoms with Gasteiger partial charge in [-0.15, -0.1) is 0 Å². The predicted molar refractivity (Wildman–Crippen MR) is 173 cm³/mol. The maximum Gasteiger partial charge on any atom is 0.204 e. The van der Waals surface area contributed by atoms with Gasteiger partial charge in [-0.25, -0.2) is 0 Å². The minimum absolute atomic E-state index is 0.250. The molecule has 0 aromatic heterocycles. The van der Waals surface area contributed by atoms with Crippen LogP contribution >= 0.6 is 0 Å². The molecule has 0 radical (unpaired) electrons. The molecule has 5 saturated carbocycles. The Morgan fingerprint density at radius 2 is 1.32 bits per heavy atom. The minimum atomic E-state index is 0.250. The maximum atomic E-state index is 10.6. The molecule has 240 valence electrons. The third-order valence-corrected chi connectivity index (χ3v) is 13.1. The van der Waals surface area contributed by atoms with Gasteiger partial charge in [-0.1, -0.05) is 86.0 Å². The van der Waals surface area contributed by atoms with Crippen molar-refractivity contribution in [1.29, 1.82) is 0 Å². The van der Waals surface area contributed by atoms with E-state index in [1.165, 1.54) is 70.6 Å². The highest BCUT2D eigenvalue weighted by atomic mass is 16.2. The van der Waals surface area contributed by atoms with Crippen molar-refractivity contribution in [3.8, 4) is 0 Å². The van der Waals surface area contributed by atoms with E-state index in [-0.39, 0.29) is 6.41 Å². The van der Waals surface area contributed by atoms with E-state index in [0.717, 1.165) is 61.7 Å². The van der Waals surface area contributed by atoms with Gasteiger partial charge in [-0.05, 0) is 122 Å². The van der Waals surface area contributed by atoms with Gasteiger partial charge in [0.15, 0.2) is 0 Å². The van der Waals surface area contributed by atoms with Crippen LogP contribution in [0.3, 0.4) is 0 Å². The van der Waals surface area contributed by atoms with Crippen LogP contribution < -0.4 is 5.73 Å². The molecule has 0 aromatic rings. The number of hydrogen-bond donors (Lipinski definition) is 2. The van der Waals surface area contributed by atoms with Crippen LogP contribution in [-0.2, 0) is 9.59 Å². The Kier molecular flexibility index (Phi) is 15.4. The van der Waals surface area contributed by atoms with Crippen LogP contribution in [0.4, 0.5) is 0 Å². The first-order valence-electron chi connectivity index (χ1n) is 17.8. The molecule has 5 fully saturated rings. The Balaban J connectivity index is 0.000000666. The Morgan fingerprint density at radius 3 is 2.00 bits per heavy atom. The number of aliphatic hydroxyl groups is 1. The highest BCUT2D eigenvalue weighted by molar-refractivity contribution is 5.48. The lowest BCUT2D eigenvalue weighted by Gasteiger charge is -2.67. The van der Waals surface area contributed by atoms with E-state index in [1.54, 1.807) is 44.9 Å². The summed E-state index contributed by atoms with van der Waals surface area (Å²) in [6.45, 7) is 12.4. The van der Waals surface area contributed by atoms with Crippen molar-refractivity contribution in [2.45, 2.75) is 163 Å². The zero-order valence-electron chi connectivity index (χ0n) is 28.1. The molecule has 5 aliphatic carbocycles. The molecule has 5 aliphatic rings. The van der Waals surface area contributed by atoms with Gasteiger partial charge < -0.3 is 15.6 Å². The van der Waals surface area contributed by atoms with Gasteiger partial charge >= 0.3 is 0 Å². The Morgan fingerprint density at radius 1 is 0.732 bits per heavy atom. The monoisotopic (exact) mass is 576 g/mol. The molecular formula is C37H69NO3. The van der Waals surface area contributed by atoms with Gasteiger partial charge in [0.2, 0.25) is 6.41 Å². The van der Waals surface area contributed by atoms with Crippen LogP contribution in [0, 0.1) is 51.8 Å². The standard InChI is InChI=1S/C32H54O.C3H8.CH3NO.CH4O/c1-24-12-10-18-30(2)26(24)16-21-31(3)27-17-22-32(19-8-6-4-5-7-9-23-33)20-11-13-28(32)25(27)14-15-29(30)31;1-3-2;2-1-3;1-2/h23-29H,4-22H2,1-3H3;3H2,1-2H3;1H,(H2,2,3);2H,1H3. The summed E-state index contributed by atoms with van der Waals surface area (Å²) in [5.41, 5.74) is 6.16. The lowest BCUT2D eigenvalue weighted by Crippen LogP contribution is -2.60. The zero-order chi connectivity index (χ0) is 30.5. The first-order valence-corrected chi connectivity index (χ1v) is 17.8. The van der Waals surface area contributed by atoms with Gasteiger partial charge in [0.25, 0.3) is 0 Å². The lowest BCUT2D eigenvalue weighted by atomic mass is 9.37. The van der Waals surface area contributed by atoms with Crippen molar-refractivity contribution in [1.82, 2.24) is 0 Å². The van der Waals surface area contributed by atoms with Crippen LogP contribution in [-0.4, -0.2) is 24.9 Å². The molecule has 4 heteroatoms. The van der Waals surface area contributed by atoms with E-state index >= 15 is 0 Å². The number of aldehydes is 1. The fraction of sp³-hybridized carbons (Fsp3) is 0.946. The van der Waals surface area contributed by atoms with E-state index in [2.05, 4.69) is 40.4 Å². The summed E-state index contributed by atoms with van der Waals surface area (Å²) in [4.78, 5) is 19.1. The molecule has 0 heterocycles. The number of carbonyl (C=O) groups is 2. The number of amides is 1. The van der Waals surface area contributed by atoms with Crippen molar-refractivity contribution in [2.24, 2.45) is 57.5 Å². The van der Waals surface area contributed by atoms with Crippen LogP contribution in [0.1, 0.15) is 163 Å². The van der Waals surface area contributed by atoms with Crippen LogP contribution in [0.5, 0.6) is 0 Å². The summed E-state index contributed by atoms with van der Waals surface area (Å²) < 4.78 is 0. The first kappa shape index (κ1) is 36.3. The third kappa shape index (κ3) is 7.98. The molecule has 1 amide bonds. The van der Waals surface area contributed by atoms with Gasteiger partial charge in [0.05, 0.1) is 0 Å². The number of nitrogens with two attached hydrogens (primary N) is 1. The summed E-state index contributed by atoms with van der Waals surface area (Å²) in [5.74, 6) is 6.13. The molecule has 0 aliphatic heterocycles. The minimum Gasteiger partial charge on any atom is -0.400 e. The number of fused-ring (bicyclic) bond motifs is 7. The number of unbranched alkanes of at least 4 members (excludes halogenated alkanes) is 5. The van der Waals surface area contributed by atoms with Crippen LogP contribution in [0.25, 0.3) is 0 Å². The Bertz CT molecular complexity index is 756. The molecule has 3 N–H and O–H groups in total. The second kappa shape index (κ2) is 17.4. The van der Waals surface area contributed by atoms with Crippen molar-refractivity contribution in [3.05, 3.63) is 0 Å². The summed E-state index contributed by atoms with van der Waals surface area (Å²) in [5, 5.41) is 7.00. The molecule has 4 nitrogen and oxygen atoms in total. The largest absolute Gasteiger partial charge is 0.400 e. The van der Waals surface area contributed by atoms with Gasteiger partial charge in [0, 0.05) is 13.5 Å². The Labute approximate surface area is 254 Å². The first-order chi connectivity index (χ1) is 19.8. The van der Waals surface area contributed by atoms with Crippen LogP contribution in [0.15, 0.2) is 0 Å². The number of aliphatic hydroxyl groups excluding tert-OH is 1. The molecule has 0 spiro atoms. The van der Waals surface area contributed by atoms with Crippen molar-refractivity contribution in [2.75, 3.05) is 7.11 Å². The molecule has 9 unspecified atom stereocenters. The molecule has 0 bridgehead atoms. The molecule has 5 rings (SSSR count). The van der Waals surface area contributed by atoms with E-state index in [9.17, 15) is 4.79 Å². The summed E-state index contributed by atoms with van der Waals surface area (Å²) >= 11 is 0. The van der Waals surface area contributed by atoms with Crippen molar-refractivity contribution >= 4 is 12.7 Å². The van der Waals surface area contributed by atoms with Crippen LogP contribution in [0.2, 0.25) is 0 Å². The fourth-order valence-corrected chi connectivity index (χ4v) is 11.7. The van der Waals surface area contributed by atoms with E-state index in [0.29, 0.717) is 16.2 Å². The van der Waals surface area contributed by atoms with Crippen molar-refractivity contribution in [3.63, 3.8) is 0 Å². The topological polar surface area (TPSA) is 80.4 Å². The second-order valence-electron chi connectivity index (χ2n) is 15.1. The summed E-state index contributed by atoms with van der Waals surface area (Å²) in [6, 6.07) is 0. The van der Waals surface area contributed by atoms with Gasteiger partial charge in [-0.2, -0.15) is 0 Å². The quantitative estimate of drug-likeness (QED) is 0.223. The average molecular weight is 576 g/mol. The predicted octanol–water partition coefficient (Wildman–Crippen LogP) is 9.51. The molecule has 41 heavy (non-hydrogen) atoms. The zero-order valence-corrected chi connectivity index (χ0v) is 28.1. The lowest BCUT2D eigenvalue weighted by molar-refractivity contribution is -0.183. The Hall–Kier alpha value is -0.900. The SMILES string of the molecule is CC1CCCC2(C)C1CCC1(C)C3CCC4(CCCCCCCC=O)CCCC4C3CCC21.CCC.CO.NC=O.